The zero-order valence-electron chi connectivity index (χ0n) is 11.7. The van der Waals surface area contributed by atoms with Crippen LogP contribution in [-0.4, -0.2) is 11.7 Å². The van der Waals surface area contributed by atoms with Crippen LogP contribution >= 0.6 is 0 Å². The van der Waals surface area contributed by atoms with Crippen LogP contribution in [0.4, 0.5) is 0 Å². The van der Waals surface area contributed by atoms with Crippen molar-refractivity contribution in [3.8, 4) is 0 Å². The number of nitrogens with two attached hydrogens (primary N) is 2. The minimum Gasteiger partial charge on any atom is -0.369 e. The molecule has 0 radical (unpaired) electrons. The van der Waals surface area contributed by atoms with Crippen LogP contribution in [0, 0.1) is 0 Å². The highest BCUT2D eigenvalue weighted by Gasteiger charge is 2.03. The monoisotopic (exact) mass is 276 g/mol. The van der Waals surface area contributed by atoms with E-state index in [0.717, 1.165) is 11.3 Å². The molecule has 3 aromatic rings. The minimum atomic E-state index is -0.0406. The molecular weight excluding hydrogens is 260 g/mol. The van der Waals surface area contributed by atoms with E-state index in [1.54, 1.807) is 0 Å². The van der Waals surface area contributed by atoms with E-state index in [9.17, 15) is 0 Å². The maximum Gasteiger partial charge on any atom is 0.211 e. The zero-order chi connectivity index (χ0) is 14.8. The molecule has 0 unspecified atom stereocenters. The Morgan fingerprint density at radius 1 is 0.810 bits per heavy atom. The maximum atomic E-state index is 5.29. The lowest BCUT2D eigenvalue weighted by Crippen LogP contribution is -2.22. The molecule has 0 saturated heterocycles. The second-order valence-electron chi connectivity index (χ2n) is 4.93. The molecule has 3 rings (SSSR count). The third-order valence-electron chi connectivity index (χ3n) is 3.48. The molecule has 0 saturated carbocycles. The number of hydrogen-bond donors (Lipinski definition) is 2. The number of nitrogens with zero attached hydrogens (tertiary/aromatic N) is 2. The summed E-state index contributed by atoms with van der Waals surface area (Å²) in [4.78, 5) is 0. The Hall–Kier alpha value is -2.88. The molecule has 0 bridgehead atoms. The summed E-state index contributed by atoms with van der Waals surface area (Å²) in [5.41, 5.74) is 12.4. The molecule has 4 N–H and O–H groups in total. The molecule has 0 heterocycles. The number of benzene rings is 3. The van der Waals surface area contributed by atoms with Crippen LogP contribution in [0.5, 0.6) is 0 Å². The van der Waals surface area contributed by atoms with Crippen molar-refractivity contribution in [2.75, 3.05) is 0 Å². The van der Waals surface area contributed by atoms with Crippen LogP contribution in [0.25, 0.3) is 21.5 Å². The molecule has 21 heavy (non-hydrogen) atoms. The first-order valence-electron chi connectivity index (χ1n) is 6.70. The van der Waals surface area contributed by atoms with Crippen molar-refractivity contribution in [1.82, 2.24) is 0 Å². The highest BCUT2D eigenvalue weighted by Crippen LogP contribution is 2.26. The molecule has 3 aromatic carbocycles. The van der Waals surface area contributed by atoms with Crippen molar-refractivity contribution in [1.29, 1.82) is 0 Å². The summed E-state index contributed by atoms with van der Waals surface area (Å²) in [6, 6.07) is 18.9. The molecule has 4 heteroatoms. The first-order chi connectivity index (χ1) is 10.1. The predicted molar refractivity (Wildman–Crippen MR) is 89.5 cm³/mol. The van der Waals surface area contributed by atoms with Gasteiger partial charge in [-0.2, -0.15) is 5.10 Å². The van der Waals surface area contributed by atoms with Crippen molar-refractivity contribution < 1.29 is 0 Å². The first-order valence-corrected chi connectivity index (χ1v) is 6.70. The smallest absolute Gasteiger partial charge is 0.211 e. The van der Waals surface area contributed by atoms with Crippen LogP contribution in [-0.2, 0) is 0 Å². The maximum absolute atomic E-state index is 5.29. The van der Waals surface area contributed by atoms with E-state index < -0.39 is 0 Å². The minimum absolute atomic E-state index is 0.0406. The van der Waals surface area contributed by atoms with Crippen molar-refractivity contribution >= 4 is 33.2 Å². The quantitative estimate of drug-likeness (QED) is 0.327. The third kappa shape index (κ3) is 2.56. The number of fused-ring (bicyclic) bond motifs is 3. The van der Waals surface area contributed by atoms with Crippen LogP contribution in [0.2, 0.25) is 0 Å². The number of rotatable bonds is 2. The predicted octanol–water partition coefficient (Wildman–Crippen LogP) is 2.99. The Labute approximate surface area is 122 Å². The lowest BCUT2D eigenvalue weighted by molar-refractivity contribution is 1.20. The summed E-state index contributed by atoms with van der Waals surface area (Å²) in [5, 5.41) is 12.6. The number of hydrogen-bond acceptors (Lipinski definition) is 2. The highest BCUT2D eigenvalue weighted by atomic mass is 15.3. The third-order valence-corrected chi connectivity index (χ3v) is 3.48. The molecule has 4 nitrogen and oxygen atoms in total. The molecule has 0 aliphatic heterocycles. The molecule has 0 amide bonds. The fraction of sp³-hybridized carbons (Fsp3) is 0.0588. The van der Waals surface area contributed by atoms with Gasteiger partial charge in [-0.3, -0.25) is 0 Å². The molecule has 0 spiro atoms. The van der Waals surface area contributed by atoms with Gasteiger partial charge in [-0.25, -0.2) is 0 Å². The van der Waals surface area contributed by atoms with E-state index in [1.807, 2.05) is 13.0 Å². The van der Waals surface area contributed by atoms with Crippen LogP contribution in [0.3, 0.4) is 0 Å². The SMILES string of the molecule is CC(=NN=C(N)N)c1ccc2c(ccc3ccccc32)c1. The molecule has 0 aliphatic carbocycles. The van der Waals surface area contributed by atoms with Gasteiger partial charge in [0.05, 0.1) is 5.71 Å². The average Bonchev–Trinajstić information content (AvgIpc) is 2.51. The summed E-state index contributed by atoms with van der Waals surface area (Å²) in [6.45, 7) is 1.88. The van der Waals surface area contributed by atoms with E-state index in [-0.39, 0.29) is 5.96 Å². The van der Waals surface area contributed by atoms with E-state index in [0.29, 0.717) is 0 Å². The molecular formula is C17H16N4. The van der Waals surface area contributed by atoms with Gasteiger partial charge in [0.1, 0.15) is 0 Å². The second kappa shape index (κ2) is 5.25. The van der Waals surface area contributed by atoms with Crippen molar-refractivity contribution in [2.45, 2.75) is 6.92 Å². The Morgan fingerprint density at radius 2 is 1.52 bits per heavy atom. The van der Waals surface area contributed by atoms with Crippen molar-refractivity contribution in [3.05, 3.63) is 60.2 Å². The number of guanidine groups is 1. The Morgan fingerprint density at radius 3 is 2.33 bits per heavy atom. The Bertz CT molecular complexity index is 874. The molecule has 0 aromatic heterocycles. The van der Waals surface area contributed by atoms with E-state index >= 15 is 0 Å². The topological polar surface area (TPSA) is 76.8 Å². The summed E-state index contributed by atoms with van der Waals surface area (Å²) >= 11 is 0. The van der Waals surface area contributed by atoms with Gasteiger partial charge in [0.25, 0.3) is 0 Å². The fourth-order valence-corrected chi connectivity index (χ4v) is 2.43. The van der Waals surface area contributed by atoms with Gasteiger partial charge in [-0.05, 0) is 40.1 Å². The van der Waals surface area contributed by atoms with Gasteiger partial charge in [-0.1, -0.05) is 48.5 Å². The van der Waals surface area contributed by atoms with Gasteiger partial charge in [0.15, 0.2) is 0 Å². The van der Waals surface area contributed by atoms with Gasteiger partial charge in [-0.15, -0.1) is 5.10 Å². The van der Waals surface area contributed by atoms with Crippen LogP contribution < -0.4 is 11.5 Å². The highest BCUT2D eigenvalue weighted by molar-refractivity contribution is 6.10. The normalized spacial score (nSPS) is 11.8. The van der Waals surface area contributed by atoms with Crippen LogP contribution in [0.15, 0.2) is 64.8 Å². The fourth-order valence-electron chi connectivity index (χ4n) is 2.43. The molecule has 0 atom stereocenters. The van der Waals surface area contributed by atoms with Gasteiger partial charge in [0, 0.05) is 0 Å². The largest absolute Gasteiger partial charge is 0.369 e. The summed E-state index contributed by atoms with van der Waals surface area (Å²) in [5.74, 6) is -0.0406. The van der Waals surface area contributed by atoms with Crippen LogP contribution in [0.1, 0.15) is 12.5 Å². The Balaban J connectivity index is 2.15. The zero-order valence-corrected chi connectivity index (χ0v) is 11.7. The lowest BCUT2D eigenvalue weighted by Gasteiger charge is -2.06. The second-order valence-corrected chi connectivity index (χ2v) is 4.93. The summed E-state index contributed by atoms with van der Waals surface area (Å²) in [7, 11) is 0. The van der Waals surface area contributed by atoms with Crippen molar-refractivity contribution in [3.63, 3.8) is 0 Å². The standard InChI is InChI=1S/C17H16N4/c1-11(20-21-17(18)19)13-8-9-16-14(10-13)7-6-12-4-2-3-5-15(12)16/h2-10H,1H3,(H4,18,19,21). The average molecular weight is 276 g/mol. The lowest BCUT2D eigenvalue weighted by atomic mass is 9.99. The summed E-state index contributed by atoms with van der Waals surface area (Å²) < 4.78 is 0. The van der Waals surface area contributed by atoms with Crippen molar-refractivity contribution in [2.24, 2.45) is 21.7 Å². The van der Waals surface area contributed by atoms with Gasteiger partial charge >= 0.3 is 0 Å². The molecule has 0 aliphatic rings. The molecule has 0 fully saturated rings. The van der Waals surface area contributed by atoms with Gasteiger partial charge in [0.2, 0.25) is 5.96 Å². The van der Waals surface area contributed by atoms with E-state index in [1.165, 1.54) is 21.5 Å². The summed E-state index contributed by atoms with van der Waals surface area (Å²) in [6.07, 6.45) is 0. The Kier molecular flexibility index (Phi) is 3.28. The van der Waals surface area contributed by atoms with E-state index in [2.05, 4.69) is 58.7 Å². The van der Waals surface area contributed by atoms with Gasteiger partial charge < -0.3 is 11.5 Å². The molecule has 104 valence electrons. The van der Waals surface area contributed by atoms with E-state index in [4.69, 9.17) is 11.5 Å². The first kappa shape index (κ1) is 13.1.